The first-order chi connectivity index (χ1) is 8.31. The quantitative estimate of drug-likeness (QED) is 0.804. The summed E-state index contributed by atoms with van der Waals surface area (Å²) < 4.78 is 0. The van der Waals surface area contributed by atoms with Gasteiger partial charge in [0.25, 0.3) is 5.91 Å². The zero-order valence-corrected chi connectivity index (χ0v) is 10.9. The van der Waals surface area contributed by atoms with E-state index in [1.54, 1.807) is 24.3 Å². The Kier molecular flexibility index (Phi) is 4.26. The van der Waals surface area contributed by atoms with Crippen LogP contribution in [0.2, 0.25) is 0 Å². The van der Waals surface area contributed by atoms with E-state index in [1.807, 2.05) is 20.8 Å². The molecule has 1 aromatic rings. The number of rotatable bonds is 3. The van der Waals surface area contributed by atoms with Gasteiger partial charge in [0.2, 0.25) is 5.91 Å². The number of hydrogen-bond donors (Lipinski definition) is 2. The van der Waals surface area contributed by atoms with Crippen molar-refractivity contribution in [3.8, 4) is 0 Å². The second kappa shape index (κ2) is 5.49. The molecule has 4 nitrogen and oxygen atoms in total. The fourth-order valence-electron chi connectivity index (χ4n) is 1.31. The van der Waals surface area contributed by atoms with Crippen LogP contribution in [0.15, 0.2) is 36.9 Å². The summed E-state index contributed by atoms with van der Waals surface area (Å²) in [4.78, 5) is 22.9. The molecule has 0 aliphatic rings. The summed E-state index contributed by atoms with van der Waals surface area (Å²) in [6.07, 6.45) is 1.19. The molecule has 1 aromatic carbocycles. The number of hydrogen-bond acceptors (Lipinski definition) is 2. The number of carbonyl (C=O) groups excluding carboxylic acids is 2. The fourth-order valence-corrected chi connectivity index (χ4v) is 1.31. The molecule has 0 aromatic heterocycles. The first-order valence-electron chi connectivity index (χ1n) is 5.68. The molecule has 0 atom stereocenters. The van der Waals surface area contributed by atoms with Gasteiger partial charge in [0.05, 0.1) is 0 Å². The van der Waals surface area contributed by atoms with Crippen molar-refractivity contribution in [2.24, 2.45) is 0 Å². The lowest BCUT2D eigenvalue weighted by atomic mass is 10.1. The van der Waals surface area contributed by atoms with E-state index in [1.165, 1.54) is 6.08 Å². The van der Waals surface area contributed by atoms with Gasteiger partial charge in [-0.05, 0) is 51.1 Å². The monoisotopic (exact) mass is 246 g/mol. The number of benzene rings is 1. The lowest BCUT2D eigenvalue weighted by Gasteiger charge is -2.20. The van der Waals surface area contributed by atoms with E-state index in [0.29, 0.717) is 11.3 Å². The third kappa shape index (κ3) is 4.41. The number of anilines is 1. The Balaban J connectivity index is 2.74. The second-order valence-corrected chi connectivity index (χ2v) is 4.97. The van der Waals surface area contributed by atoms with Gasteiger partial charge in [-0.15, -0.1) is 0 Å². The van der Waals surface area contributed by atoms with Crippen LogP contribution < -0.4 is 10.6 Å². The molecule has 0 fully saturated rings. The van der Waals surface area contributed by atoms with E-state index in [4.69, 9.17) is 0 Å². The molecule has 0 heterocycles. The predicted octanol–water partition coefficient (Wildman–Crippen LogP) is 2.34. The normalized spacial score (nSPS) is 10.6. The average Bonchev–Trinajstić information content (AvgIpc) is 2.27. The number of carbonyl (C=O) groups is 2. The van der Waals surface area contributed by atoms with Gasteiger partial charge in [0.1, 0.15) is 0 Å². The minimum atomic E-state index is -0.276. The molecular formula is C14H18N2O2. The third-order valence-electron chi connectivity index (χ3n) is 2.09. The summed E-state index contributed by atoms with van der Waals surface area (Å²) in [5.41, 5.74) is 0.918. The van der Waals surface area contributed by atoms with Crippen LogP contribution in [0.25, 0.3) is 0 Å². The summed E-state index contributed by atoms with van der Waals surface area (Å²) in [6.45, 7) is 9.13. The fraction of sp³-hybridized carbons (Fsp3) is 0.286. The largest absolute Gasteiger partial charge is 0.347 e. The van der Waals surface area contributed by atoms with E-state index >= 15 is 0 Å². The van der Waals surface area contributed by atoms with E-state index in [9.17, 15) is 9.59 Å². The molecule has 0 spiro atoms. The Hall–Kier alpha value is -2.10. The van der Waals surface area contributed by atoms with Crippen molar-refractivity contribution in [2.45, 2.75) is 26.3 Å². The van der Waals surface area contributed by atoms with Crippen LogP contribution in [0.5, 0.6) is 0 Å². The van der Waals surface area contributed by atoms with E-state index in [0.717, 1.165) is 0 Å². The topological polar surface area (TPSA) is 58.2 Å². The Labute approximate surface area is 107 Å². The van der Waals surface area contributed by atoms with Gasteiger partial charge >= 0.3 is 0 Å². The van der Waals surface area contributed by atoms with Crippen LogP contribution in [-0.2, 0) is 4.79 Å². The van der Waals surface area contributed by atoms with Crippen molar-refractivity contribution >= 4 is 17.5 Å². The standard InChI is InChI=1S/C14H18N2O2/c1-5-12(17)15-11-8-6-10(7-9-11)13(18)16-14(2,3)4/h5-9H,1H2,2-4H3,(H,15,17)(H,16,18). The lowest BCUT2D eigenvalue weighted by molar-refractivity contribution is -0.111. The Morgan fingerprint density at radius 3 is 2.17 bits per heavy atom. The second-order valence-electron chi connectivity index (χ2n) is 4.97. The Bertz CT molecular complexity index is 456. The summed E-state index contributed by atoms with van der Waals surface area (Å²) in [6, 6.07) is 6.69. The van der Waals surface area contributed by atoms with E-state index in [2.05, 4.69) is 17.2 Å². The SMILES string of the molecule is C=CC(=O)Nc1ccc(C(=O)NC(C)(C)C)cc1. The lowest BCUT2D eigenvalue weighted by Crippen LogP contribution is -2.40. The van der Waals surface area contributed by atoms with Gasteiger partial charge in [-0.2, -0.15) is 0 Å². The minimum absolute atomic E-state index is 0.135. The number of nitrogens with one attached hydrogen (secondary N) is 2. The molecule has 0 radical (unpaired) electrons. The van der Waals surface area contributed by atoms with Crippen molar-refractivity contribution in [1.29, 1.82) is 0 Å². The molecule has 0 saturated carbocycles. The summed E-state index contributed by atoms with van der Waals surface area (Å²) in [7, 11) is 0. The molecule has 2 N–H and O–H groups in total. The van der Waals surface area contributed by atoms with Crippen molar-refractivity contribution in [2.75, 3.05) is 5.32 Å². The molecule has 96 valence electrons. The summed E-state index contributed by atoms with van der Waals surface area (Å²) >= 11 is 0. The molecule has 2 amide bonds. The first kappa shape index (κ1) is 14.0. The van der Waals surface area contributed by atoms with Crippen LogP contribution in [0.3, 0.4) is 0 Å². The zero-order chi connectivity index (χ0) is 13.8. The van der Waals surface area contributed by atoms with Crippen LogP contribution in [0, 0.1) is 0 Å². The molecule has 0 unspecified atom stereocenters. The van der Waals surface area contributed by atoms with E-state index < -0.39 is 0 Å². The highest BCUT2D eigenvalue weighted by atomic mass is 16.2. The molecule has 0 bridgehead atoms. The molecule has 0 aliphatic heterocycles. The molecule has 0 aliphatic carbocycles. The first-order valence-corrected chi connectivity index (χ1v) is 5.68. The molecular weight excluding hydrogens is 228 g/mol. The van der Waals surface area contributed by atoms with Crippen molar-refractivity contribution in [1.82, 2.24) is 5.32 Å². The third-order valence-corrected chi connectivity index (χ3v) is 2.09. The highest BCUT2D eigenvalue weighted by Gasteiger charge is 2.14. The number of amides is 2. The highest BCUT2D eigenvalue weighted by Crippen LogP contribution is 2.11. The van der Waals surface area contributed by atoms with Crippen LogP contribution in [0.1, 0.15) is 31.1 Å². The van der Waals surface area contributed by atoms with Gasteiger partial charge in [-0.3, -0.25) is 9.59 Å². The molecule has 0 saturated heterocycles. The Morgan fingerprint density at radius 2 is 1.72 bits per heavy atom. The molecule has 1 rings (SSSR count). The summed E-state index contributed by atoms with van der Waals surface area (Å²) in [5.74, 6) is -0.411. The van der Waals surface area contributed by atoms with Gasteiger partial charge < -0.3 is 10.6 Å². The molecule has 4 heteroatoms. The van der Waals surface area contributed by atoms with Crippen molar-refractivity contribution in [3.63, 3.8) is 0 Å². The van der Waals surface area contributed by atoms with E-state index in [-0.39, 0.29) is 17.4 Å². The maximum Gasteiger partial charge on any atom is 0.251 e. The average molecular weight is 246 g/mol. The Morgan fingerprint density at radius 1 is 1.17 bits per heavy atom. The van der Waals surface area contributed by atoms with Crippen molar-refractivity contribution in [3.05, 3.63) is 42.5 Å². The van der Waals surface area contributed by atoms with Gasteiger partial charge in [-0.25, -0.2) is 0 Å². The van der Waals surface area contributed by atoms with Gasteiger partial charge in [0, 0.05) is 16.8 Å². The highest BCUT2D eigenvalue weighted by molar-refractivity contribution is 5.99. The minimum Gasteiger partial charge on any atom is -0.347 e. The zero-order valence-electron chi connectivity index (χ0n) is 10.9. The van der Waals surface area contributed by atoms with Crippen LogP contribution >= 0.6 is 0 Å². The maximum absolute atomic E-state index is 11.8. The van der Waals surface area contributed by atoms with Crippen LogP contribution in [-0.4, -0.2) is 17.4 Å². The van der Waals surface area contributed by atoms with Crippen LogP contribution in [0.4, 0.5) is 5.69 Å². The summed E-state index contributed by atoms with van der Waals surface area (Å²) in [5, 5.41) is 5.48. The van der Waals surface area contributed by atoms with Gasteiger partial charge in [0.15, 0.2) is 0 Å². The maximum atomic E-state index is 11.8. The van der Waals surface area contributed by atoms with Crippen molar-refractivity contribution < 1.29 is 9.59 Å². The molecule has 18 heavy (non-hydrogen) atoms. The smallest absolute Gasteiger partial charge is 0.251 e. The predicted molar refractivity (Wildman–Crippen MR) is 72.5 cm³/mol. The van der Waals surface area contributed by atoms with Gasteiger partial charge in [-0.1, -0.05) is 6.58 Å².